The van der Waals surface area contributed by atoms with Gasteiger partial charge >= 0.3 is 0 Å². The Balaban J connectivity index is 3.08. The highest BCUT2D eigenvalue weighted by atomic mass is 16.1. The largest absolute Gasteiger partial charge is 0.396 e. The van der Waals surface area contributed by atoms with Gasteiger partial charge in [0.1, 0.15) is 5.69 Å². The molecule has 0 saturated heterocycles. The van der Waals surface area contributed by atoms with Crippen LogP contribution in [-0.4, -0.2) is 24.0 Å². The zero-order valence-electron chi connectivity index (χ0n) is 9.84. The molecule has 0 aliphatic rings. The number of amides is 1. The molecule has 1 unspecified atom stereocenters. The molecule has 90 valence electrons. The molecule has 6 nitrogen and oxygen atoms in total. The van der Waals surface area contributed by atoms with Gasteiger partial charge in [-0.15, -0.1) is 0 Å². The molecule has 6 heteroatoms. The molecule has 1 aromatic heterocycles. The average Bonchev–Trinajstić information content (AvgIpc) is 2.28. The first-order valence-electron chi connectivity index (χ1n) is 5.13. The van der Waals surface area contributed by atoms with Gasteiger partial charge in [-0.05, 0) is 19.1 Å². The van der Waals surface area contributed by atoms with E-state index in [4.69, 9.17) is 16.7 Å². The molecule has 1 atom stereocenters. The van der Waals surface area contributed by atoms with E-state index < -0.39 is 5.91 Å². The van der Waals surface area contributed by atoms with E-state index >= 15 is 0 Å². The number of nitrogens with two attached hydrogens (primary N) is 2. The summed E-state index contributed by atoms with van der Waals surface area (Å²) in [4.78, 5) is 16.9. The Morgan fingerprint density at radius 2 is 2.29 bits per heavy atom. The number of hydrogen-bond donors (Lipinski definition) is 2. The lowest BCUT2D eigenvalue weighted by Crippen LogP contribution is -2.30. The van der Waals surface area contributed by atoms with E-state index in [0.717, 1.165) is 0 Å². The number of nitrogen functional groups attached to an aromatic ring is 1. The van der Waals surface area contributed by atoms with Crippen LogP contribution in [-0.2, 0) is 0 Å². The molecule has 0 radical (unpaired) electrons. The van der Waals surface area contributed by atoms with Gasteiger partial charge in [0.2, 0.25) is 0 Å². The maximum Gasteiger partial charge on any atom is 0.267 e. The third-order valence-corrected chi connectivity index (χ3v) is 2.54. The Kier molecular flexibility index (Phi) is 3.88. The second-order valence-electron chi connectivity index (χ2n) is 3.80. The lowest BCUT2D eigenvalue weighted by Gasteiger charge is -2.25. The van der Waals surface area contributed by atoms with E-state index in [1.165, 1.54) is 6.07 Å². The second kappa shape index (κ2) is 5.16. The van der Waals surface area contributed by atoms with E-state index in [1.54, 1.807) is 18.0 Å². The summed E-state index contributed by atoms with van der Waals surface area (Å²) in [5.74, 6) is -0.142. The molecule has 0 aliphatic heterocycles. The smallest absolute Gasteiger partial charge is 0.267 e. The number of carbonyl (C=O) groups is 1. The average molecular weight is 233 g/mol. The van der Waals surface area contributed by atoms with Crippen molar-refractivity contribution >= 4 is 17.4 Å². The topological polar surface area (TPSA) is 109 Å². The summed E-state index contributed by atoms with van der Waals surface area (Å²) in [5.41, 5.74) is 11.5. The number of pyridine rings is 1. The van der Waals surface area contributed by atoms with Crippen molar-refractivity contribution in [2.24, 2.45) is 5.73 Å². The van der Waals surface area contributed by atoms with E-state index in [-0.39, 0.29) is 11.7 Å². The van der Waals surface area contributed by atoms with Crippen LogP contribution in [0, 0.1) is 11.3 Å². The number of primary amides is 1. The van der Waals surface area contributed by atoms with Crippen molar-refractivity contribution in [3.8, 4) is 6.07 Å². The van der Waals surface area contributed by atoms with Crippen LogP contribution in [0.15, 0.2) is 12.1 Å². The molecule has 0 aromatic carbocycles. The fourth-order valence-electron chi connectivity index (χ4n) is 1.36. The van der Waals surface area contributed by atoms with Gasteiger partial charge in [0.05, 0.1) is 18.2 Å². The van der Waals surface area contributed by atoms with Crippen LogP contribution in [0.5, 0.6) is 0 Å². The SMILES string of the molecule is CC(CC#N)N(C)c1nc(C(N)=O)ccc1N. The molecule has 0 spiro atoms. The van der Waals surface area contributed by atoms with Gasteiger partial charge in [-0.3, -0.25) is 4.79 Å². The Labute approximate surface area is 99.8 Å². The monoisotopic (exact) mass is 233 g/mol. The van der Waals surface area contributed by atoms with E-state index in [1.807, 2.05) is 6.92 Å². The first-order chi connectivity index (χ1) is 7.97. The number of anilines is 2. The van der Waals surface area contributed by atoms with Crippen LogP contribution in [0.2, 0.25) is 0 Å². The Hall–Kier alpha value is -2.29. The van der Waals surface area contributed by atoms with Crippen molar-refractivity contribution in [2.75, 3.05) is 17.7 Å². The van der Waals surface area contributed by atoms with Crippen LogP contribution < -0.4 is 16.4 Å². The first kappa shape index (κ1) is 12.8. The Morgan fingerprint density at radius 3 is 2.82 bits per heavy atom. The third-order valence-electron chi connectivity index (χ3n) is 2.54. The molecular formula is C11H15N5O. The van der Waals surface area contributed by atoms with Gasteiger partial charge in [-0.1, -0.05) is 0 Å². The highest BCUT2D eigenvalue weighted by Crippen LogP contribution is 2.22. The molecule has 1 rings (SSSR count). The molecule has 0 aliphatic carbocycles. The molecule has 4 N–H and O–H groups in total. The molecule has 0 saturated carbocycles. The summed E-state index contributed by atoms with van der Waals surface area (Å²) in [6.07, 6.45) is 0.346. The highest BCUT2D eigenvalue weighted by molar-refractivity contribution is 5.91. The number of hydrogen-bond acceptors (Lipinski definition) is 5. The fraction of sp³-hybridized carbons (Fsp3) is 0.364. The minimum absolute atomic E-state index is 0.0436. The van der Waals surface area contributed by atoms with Crippen LogP contribution >= 0.6 is 0 Å². The molecule has 1 aromatic rings. The summed E-state index contributed by atoms with van der Waals surface area (Å²) in [6, 6.07) is 5.09. The minimum Gasteiger partial charge on any atom is -0.396 e. The molecule has 1 heterocycles. The zero-order chi connectivity index (χ0) is 13.0. The predicted octanol–water partition coefficient (Wildman–Crippen LogP) is 0.501. The van der Waals surface area contributed by atoms with Crippen LogP contribution in [0.3, 0.4) is 0 Å². The number of aromatic nitrogens is 1. The van der Waals surface area contributed by atoms with Crippen molar-refractivity contribution in [3.63, 3.8) is 0 Å². The van der Waals surface area contributed by atoms with E-state index in [9.17, 15) is 4.79 Å². The van der Waals surface area contributed by atoms with Crippen molar-refractivity contribution in [1.82, 2.24) is 4.98 Å². The molecule has 0 fully saturated rings. The number of rotatable bonds is 4. The number of nitrogens with zero attached hydrogens (tertiary/aromatic N) is 3. The standard InChI is InChI=1S/C11H15N5O/c1-7(5-6-12)16(2)11-8(13)3-4-9(15-11)10(14)17/h3-4,7H,5,13H2,1-2H3,(H2,14,17). The van der Waals surface area contributed by atoms with Gasteiger partial charge < -0.3 is 16.4 Å². The lowest BCUT2D eigenvalue weighted by atomic mass is 10.2. The second-order valence-corrected chi connectivity index (χ2v) is 3.80. The molecule has 1 amide bonds. The highest BCUT2D eigenvalue weighted by Gasteiger charge is 2.15. The van der Waals surface area contributed by atoms with Crippen LogP contribution in [0.25, 0.3) is 0 Å². The van der Waals surface area contributed by atoms with Crippen molar-refractivity contribution in [3.05, 3.63) is 17.8 Å². The quantitative estimate of drug-likeness (QED) is 0.787. The van der Waals surface area contributed by atoms with Gasteiger partial charge in [0.15, 0.2) is 5.82 Å². The third kappa shape index (κ3) is 2.84. The van der Waals surface area contributed by atoms with Crippen molar-refractivity contribution < 1.29 is 4.79 Å². The Bertz CT molecular complexity index is 465. The maximum atomic E-state index is 11.0. The van der Waals surface area contributed by atoms with Crippen LogP contribution in [0.1, 0.15) is 23.8 Å². The predicted molar refractivity (Wildman–Crippen MR) is 65.3 cm³/mol. The van der Waals surface area contributed by atoms with Crippen molar-refractivity contribution in [1.29, 1.82) is 5.26 Å². The lowest BCUT2D eigenvalue weighted by molar-refractivity contribution is 0.0995. The summed E-state index contributed by atoms with van der Waals surface area (Å²) in [7, 11) is 1.77. The van der Waals surface area contributed by atoms with Crippen LogP contribution in [0.4, 0.5) is 11.5 Å². The number of carbonyl (C=O) groups excluding carboxylic acids is 1. The Morgan fingerprint density at radius 1 is 1.65 bits per heavy atom. The van der Waals surface area contributed by atoms with E-state index in [0.29, 0.717) is 17.9 Å². The van der Waals surface area contributed by atoms with Crippen molar-refractivity contribution in [2.45, 2.75) is 19.4 Å². The zero-order valence-corrected chi connectivity index (χ0v) is 9.84. The number of nitriles is 1. The fourth-order valence-corrected chi connectivity index (χ4v) is 1.36. The summed E-state index contributed by atoms with van der Waals surface area (Å²) in [6.45, 7) is 1.88. The summed E-state index contributed by atoms with van der Waals surface area (Å²) < 4.78 is 0. The van der Waals surface area contributed by atoms with Gasteiger partial charge in [-0.25, -0.2) is 4.98 Å². The van der Waals surface area contributed by atoms with E-state index in [2.05, 4.69) is 11.1 Å². The minimum atomic E-state index is -0.604. The van der Waals surface area contributed by atoms with Gasteiger partial charge in [-0.2, -0.15) is 5.26 Å². The summed E-state index contributed by atoms with van der Waals surface area (Å²) in [5, 5.41) is 8.64. The maximum absolute atomic E-state index is 11.0. The molecule has 17 heavy (non-hydrogen) atoms. The summed E-state index contributed by atoms with van der Waals surface area (Å²) >= 11 is 0. The first-order valence-corrected chi connectivity index (χ1v) is 5.13. The van der Waals surface area contributed by atoms with Gasteiger partial charge in [0.25, 0.3) is 5.91 Å². The normalized spacial score (nSPS) is 11.6. The molecule has 0 bridgehead atoms. The molecular weight excluding hydrogens is 218 g/mol. The van der Waals surface area contributed by atoms with Gasteiger partial charge in [0, 0.05) is 13.1 Å².